The largest absolute Gasteiger partial charge is 0.206 e. The molecular weight excluding hydrogens is 234 g/mol. The number of benzene rings is 1. The van der Waals surface area contributed by atoms with Gasteiger partial charge in [-0.2, -0.15) is 0 Å². The molecule has 0 aliphatic carbocycles. The van der Waals surface area contributed by atoms with Gasteiger partial charge in [0.1, 0.15) is 11.6 Å². The second-order valence-electron chi connectivity index (χ2n) is 1.90. The molecule has 60 valence electrons. The molecule has 0 atom stereocenters. The average molecular weight is 239 g/mol. The third-order valence-corrected chi connectivity index (χ3v) is 2.42. The molecule has 11 heavy (non-hydrogen) atoms. The third kappa shape index (κ3) is 1.93. The van der Waals surface area contributed by atoms with E-state index in [0.29, 0.717) is 4.47 Å². The van der Waals surface area contributed by atoms with Gasteiger partial charge in [0, 0.05) is 4.47 Å². The molecule has 0 radical (unpaired) electrons. The molecular formula is C7H5BrF2S. The lowest BCUT2D eigenvalue weighted by molar-refractivity contribution is 0.539. The fraction of sp³-hybridized carbons (Fsp3) is 0.143. The topological polar surface area (TPSA) is 0 Å². The maximum atomic E-state index is 12.8. The fourth-order valence-corrected chi connectivity index (χ4v) is 1.63. The van der Waals surface area contributed by atoms with Gasteiger partial charge in [-0.05, 0) is 18.4 Å². The highest BCUT2D eigenvalue weighted by Gasteiger charge is 2.08. The van der Waals surface area contributed by atoms with Crippen LogP contribution in [0.4, 0.5) is 8.78 Å². The van der Waals surface area contributed by atoms with Crippen LogP contribution in [0.5, 0.6) is 0 Å². The maximum Gasteiger partial charge on any atom is 0.140 e. The maximum absolute atomic E-state index is 12.8. The molecule has 0 bridgehead atoms. The molecule has 1 aromatic carbocycles. The Balaban J connectivity index is 3.25. The first-order valence-corrected chi connectivity index (χ1v) is 4.85. The summed E-state index contributed by atoms with van der Waals surface area (Å²) in [5.74, 6) is -1.05. The van der Waals surface area contributed by atoms with Crippen LogP contribution >= 0.6 is 27.7 Å². The molecule has 0 saturated carbocycles. The van der Waals surface area contributed by atoms with Crippen molar-refractivity contribution in [3.63, 3.8) is 0 Å². The molecule has 0 aromatic heterocycles. The van der Waals surface area contributed by atoms with Crippen molar-refractivity contribution in [1.82, 2.24) is 0 Å². The van der Waals surface area contributed by atoms with Gasteiger partial charge >= 0.3 is 0 Å². The van der Waals surface area contributed by atoms with E-state index in [4.69, 9.17) is 0 Å². The molecule has 1 aromatic rings. The minimum absolute atomic E-state index is 0.0631. The van der Waals surface area contributed by atoms with Crippen molar-refractivity contribution in [1.29, 1.82) is 0 Å². The van der Waals surface area contributed by atoms with Crippen LogP contribution in [0.2, 0.25) is 0 Å². The second kappa shape index (κ2) is 3.54. The van der Waals surface area contributed by atoms with Crippen LogP contribution in [0.1, 0.15) is 0 Å². The van der Waals surface area contributed by atoms with Crippen LogP contribution in [0.15, 0.2) is 21.5 Å². The monoisotopic (exact) mass is 238 g/mol. The van der Waals surface area contributed by atoms with Crippen molar-refractivity contribution in [2.75, 3.05) is 6.26 Å². The van der Waals surface area contributed by atoms with Crippen molar-refractivity contribution in [3.05, 3.63) is 28.2 Å². The number of rotatable bonds is 1. The minimum atomic E-state index is -0.524. The predicted molar refractivity (Wildman–Crippen MR) is 45.8 cm³/mol. The van der Waals surface area contributed by atoms with Crippen LogP contribution in [0.3, 0.4) is 0 Å². The lowest BCUT2D eigenvalue weighted by Crippen LogP contribution is -1.86. The molecule has 0 unspecified atom stereocenters. The Bertz CT molecular complexity index is 252. The Morgan fingerprint density at radius 3 is 2.09 bits per heavy atom. The van der Waals surface area contributed by atoms with Crippen LogP contribution in [-0.2, 0) is 0 Å². The zero-order valence-corrected chi connectivity index (χ0v) is 8.10. The molecule has 1 rings (SSSR count). The van der Waals surface area contributed by atoms with Gasteiger partial charge in [0.15, 0.2) is 0 Å². The molecule has 0 fully saturated rings. The summed E-state index contributed by atoms with van der Waals surface area (Å²) in [7, 11) is 0. The molecule has 0 aliphatic rings. The van der Waals surface area contributed by atoms with Crippen molar-refractivity contribution in [2.24, 2.45) is 0 Å². The van der Waals surface area contributed by atoms with Gasteiger partial charge < -0.3 is 0 Å². The lowest BCUT2D eigenvalue weighted by atomic mass is 10.3. The number of hydrogen-bond donors (Lipinski definition) is 0. The summed E-state index contributed by atoms with van der Waals surface area (Å²) in [4.78, 5) is 0.0631. The summed E-state index contributed by atoms with van der Waals surface area (Å²) in [6.07, 6.45) is 1.63. The van der Waals surface area contributed by atoms with Gasteiger partial charge in [-0.15, -0.1) is 11.8 Å². The Labute approximate surface area is 76.1 Å². The summed E-state index contributed by atoms with van der Waals surface area (Å²) in [5, 5.41) is 0. The summed E-state index contributed by atoms with van der Waals surface area (Å²) in [6.45, 7) is 0. The smallest absolute Gasteiger partial charge is 0.140 e. The molecule has 0 nitrogen and oxygen atoms in total. The Morgan fingerprint density at radius 2 is 1.73 bits per heavy atom. The molecule has 0 spiro atoms. The Kier molecular flexibility index (Phi) is 2.90. The van der Waals surface area contributed by atoms with E-state index in [-0.39, 0.29) is 4.90 Å². The van der Waals surface area contributed by atoms with Crippen LogP contribution in [-0.4, -0.2) is 6.26 Å². The van der Waals surface area contributed by atoms with E-state index in [1.165, 1.54) is 12.1 Å². The normalized spacial score (nSPS) is 10.2. The summed E-state index contributed by atoms with van der Waals surface area (Å²) in [6, 6.07) is 2.49. The highest BCUT2D eigenvalue weighted by Crippen LogP contribution is 2.26. The molecule has 0 heterocycles. The first kappa shape index (κ1) is 9.00. The number of hydrogen-bond acceptors (Lipinski definition) is 1. The first-order valence-electron chi connectivity index (χ1n) is 2.83. The van der Waals surface area contributed by atoms with Crippen molar-refractivity contribution in [2.45, 2.75) is 4.90 Å². The first-order chi connectivity index (χ1) is 5.15. The quantitative estimate of drug-likeness (QED) is 0.676. The van der Waals surface area contributed by atoms with E-state index in [1.54, 1.807) is 6.26 Å². The predicted octanol–water partition coefficient (Wildman–Crippen LogP) is 3.45. The fourth-order valence-electron chi connectivity index (χ4n) is 0.724. The molecule has 0 N–H and O–H groups in total. The van der Waals surface area contributed by atoms with Crippen LogP contribution < -0.4 is 0 Å². The van der Waals surface area contributed by atoms with Gasteiger partial charge in [0.25, 0.3) is 0 Å². The van der Waals surface area contributed by atoms with E-state index < -0.39 is 11.6 Å². The van der Waals surface area contributed by atoms with Crippen molar-refractivity contribution < 1.29 is 8.78 Å². The van der Waals surface area contributed by atoms with Crippen molar-refractivity contribution >= 4 is 27.7 Å². The summed E-state index contributed by atoms with van der Waals surface area (Å²) in [5.41, 5.74) is 0. The van der Waals surface area contributed by atoms with Crippen LogP contribution in [0, 0.1) is 11.6 Å². The summed E-state index contributed by atoms with van der Waals surface area (Å²) >= 11 is 4.05. The third-order valence-electron chi connectivity index (χ3n) is 1.17. The van der Waals surface area contributed by atoms with Gasteiger partial charge in [-0.3, -0.25) is 0 Å². The van der Waals surface area contributed by atoms with E-state index in [2.05, 4.69) is 15.9 Å². The molecule has 0 saturated heterocycles. The van der Waals surface area contributed by atoms with Crippen LogP contribution in [0.25, 0.3) is 0 Å². The number of thioether (sulfide) groups is 1. The zero-order valence-electron chi connectivity index (χ0n) is 5.70. The zero-order chi connectivity index (χ0) is 8.43. The van der Waals surface area contributed by atoms with E-state index in [9.17, 15) is 8.78 Å². The second-order valence-corrected chi connectivity index (χ2v) is 3.63. The van der Waals surface area contributed by atoms with Gasteiger partial charge in [-0.25, -0.2) is 8.78 Å². The van der Waals surface area contributed by atoms with E-state index in [0.717, 1.165) is 11.8 Å². The lowest BCUT2D eigenvalue weighted by Gasteiger charge is -2.00. The van der Waals surface area contributed by atoms with Crippen molar-refractivity contribution in [3.8, 4) is 0 Å². The standard InChI is InChI=1S/C7H5BrF2S/c1-11-7-5(9)2-4(8)3-6(7)10/h2-3H,1H3. The minimum Gasteiger partial charge on any atom is -0.206 e. The Morgan fingerprint density at radius 1 is 1.27 bits per heavy atom. The highest BCUT2D eigenvalue weighted by molar-refractivity contribution is 9.10. The van der Waals surface area contributed by atoms with E-state index in [1.807, 2.05) is 0 Å². The summed E-state index contributed by atoms with van der Waals surface area (Å²) < 4.78 is 26.1. The molecule has 4 heteroatoms. The van der Waals surface area contributed by atoms with Gasteiger partial charge in [-0.1, -0.05) is 15.9 Å². The Hall–Kier alpha value is -0.0900. The van der Waals surface area contributed by atoms with Gasteiger partial charge in [0.2, 0.25) is 0 Å². The molecule has 0 aliphatic heterocycles. The highest BCUT2D eigenvalue weighted by atomic mass is 79.9. The van der Waals surface area contributed by atoms with Gasteiger partial charge in [0.05, 0.1) is 4.90 Å². The number of halogens is 3. The van der Waals surface area contributed by atoms with E-state index >= 15 is 0 Å². The average Bonchev–Trinajstić information content (AvgIpc) is 1.85. The SMILES string of the molecule is CSc1c(F)cc(Br)cc1F. The molecule has 0 amide bonds.